The third-order valence-electron chi connectivity index (χ3n) is 4.22. The molecule has 2 heterocycles. The molecule has 0 aliphatic heterocycles. The van der Waals surface area contributed by atoms with E-state index in [-0.39, 0.29) is 0 Å². The summed E-state index contributed by atoms with van der Waals surface area (Å²) in [5.41, 5.74) is 15.1. The van der Waals surface area contributed by atoms with E-state index in [1.165, 1.54) is 0 Å². The second-order valence-corrected chi connectivity index (χ2v) is 5.87. The molecular weight excluding hydrogens is 310 g/mol. The fraction of sp³-hybridized carbons (Fsp3) is 0. The van der Waals surface area contributed by atoms with Crippen molar-refractivity contribution in [3.05, 3.63) is 79.0 Å². The van der Waals surface area contributed by atoms with Crippen molar-refractivity contribution in [2.24, 2.45) is 5.73 Å². The lowest BCUT2D eigenvalue weighted by Gasteiger charge is -2.07. The van der Waals surface area contributed by atoms with Crippen LogP contribution in [0, 0.1) is 0 Å². The molecule has 0 saturated carbocycles. The Hall–Kier alpha value is -3.53. The van der Waals surface area contributed by atoms with Crippen LogP contribution < -0.4 is 11.5 Å². The molecule has 4 nitrogen and oxygen atoms in total. The van der Waals surface area contributed by atoms with Gasteiger partial charge in [-0.1, -0.05) is 55.1 Å². The van der Waals surface area contributed by atoms with E-state index in [1.54, 1.807) is 6.20 Å². The van der Waals surface area contributed by atoms with Crippen molar-refractivity contribution in [1.29, 1.82) is 0 Å². The number of anilines is 1. The van der Waals surface area contributed by atoms with E-state index >= 15 is 0 Å². The van der Waals surface area contributed by atoms with Crippen molar-refractivity contribution < 1.29 is 4.42 Å². The van der Waals surface area contributed by atoms with E-state index in [9.17, 15) is 0 Å². The standard InChI is InChI=1S/C21H17N3O/c1-13(22)14-6-8-15(9-7-14)18-10-11-19(25-18)20-17-5-3-2-4-16(17)12-24-21(20)23/h2-12H,1,22H2,(H2,23,24). The number of aromatic nitrogens is 1. The highest BCUT2D eigenvalue weighted by molar-refractivity contribution is 5.99. The van der Waals surface area contributed by atoms with Crippen LogP contribution in [0.3, 0.4) is 0 Å². The Morgan fingerprint density at radius 2 is 1.64 bits per heavy atom. The molecule has 0 amide bonds. The maximum Gasteiger partial charge on any atom is 0.139 e. The lowest BCUT2D eigenvalue weighted by Crippen LogP contribution is -1.94. The van der Waals surface area contributed by atoms with Crippen LogP contribution in [0.15, 0.2) is 77.9 Å². The van der Waals surface area contributed by atoms with Gasteiger partial charge in [-0.05, 0) is 23.1 Å². The molecule has 0 aliphatic rings. The molecule has 0 unspecified atom stereocenters. The van der Waals surface area contributed by atoms with Crippen LogP contribution in [-0.2, 0) is 0 Å². The molecule has 0 atom stereocenters. The predicted molar refractivity (Wildman–Crippen MR) is 103 cm³/mol. The first kappa shape index (κ1) is 15.0. The second-order valence-electron chi connectivity index (χ2n) is 5.87. The zero-order chi connectivity index (χ0) is 17.4. The van der Waals surface area contributed by atoms with Crippen LogP contribution >= 0.6 is 0 Å². The number of rotatable bonds is 3. The number of nitrogen functional groups attached to an aromatic ring is 1. The number of hydrogen-bond donors (Lipinski definition) is 2. The van der Waals surface area contributed by atoms with E-state index in [0.717, 1.165) is 33.2 Å². The largest absolute Gasteiger partial charge is 0.456 e. The van der Waals surface area contributed by atoms with E-state index in [1.807, 2.05) is 60.7 Å². The zero-order valence-corrected chi connectivity index (χ0v) is 13.6. The molecule has 0 spiro atoms. The topological polar surface area (TPSA) is 78.1 Å². The minimum atomic E-state index is 0.453. The predicted octanol–water partition coefficient (Wildman–Crippen LogP) is 4.67. The number of hydrogen-bond acceptors (Lipinski definition) is 4. The monoisotopic (exact) mass is 327 g/mol. The lowest BCUT2D eigenvalue weighted by molar-refractivity contribution is 0.598. The Morgan fingerprint density at radius 1 is 0.920 bits per heavy atom. The summed E-state index contributed by atoms with van der Waals surface area (Å²) < 4.78 is 6.07. The highest BCUT2D eigenvalue weighted by Gasteiger charge is 2.14. The number of pyridine rings is 1. The maximum absolute atomic E-state index is 6.13. The smallest absolute Gasteiger partial charge is 0.139 e. The Bertz CT molecular complexity index is 1080. The molecule has 25 heavy (non-hydrogen) atoms. The van der Waals surface area contributed by atoms with Gasteiger partial charge in [0.1, 0.15) is 17.3 Å². The van der Waals surface area contributed by atoms with Gasteiger partial charge in [0.05, 0.1) is 5.56 Å². The van der Waals surface area contributed by atoms with Gasteiger partial charge in [0.25, 0.3) is 0 Å². The molecule has 2 aromatic heterocycles. The van der Waals surface area contributed by atoms with Gasteiger partial charge in [0.2, 0.25) is 0 Å². The van der Waals surface area contributed by atoms with Crippen molar-refractivity contribution in [3.63, 3.8) is 0 Å². The van der Waals surface area contributed by atoms with Crippen LogP contribution in [0.25, 0.3) is 39.1 Å². The fourth-order valence-electron chi connectivity index (χ4n) is 2.91. The summed E-state index contributed by atoms with van der Waals surface area (Å²) >= 11 is 0. The molecule has 0 fully saturated rings. The summed E-state index contributed by atoms with van der Waals surface area (Å²) in [7, 11) is 0. The number of nitrogens with two attached hydrogens (primary N) is 2. The van der Waals surface area contributed by atoms with Crippen LogP contribution in [0.4, 0.5) is 5.82 Å². The van der Waals surface area contributed by atoms with E-state index in [4.69, 9.17) is 15.9 Å². The first-order valence-electron chi connectivity index (χ1n) is 7.92. The molecule has 4 rings (SSSR count). The third-order valence-corrected chi connectivity index (χ3v) is 4.22. The normalized spacial score (nSPS) is 10.9. The van der Waals surface area contributed by atoms with Gasteiger partial charge in [-0.3, -0.25) is 0 Å². The molecule has 0 saturated heterocycles. The Kier molecular flexibility index (Phi) is 3.51. The van der Waals surface area contributed by atoms with Crippen molar-refractivity contribution in [3.8, 4) is 22.6 Å². The minimum absolute atomic E-state index is 0.453. The highest BCUT2D eigenvalue weighted by atomic mass is 16.3. The van der Waals surface area contributed by atoms with Crippen molar-refractivity contribution in [2.75, 3.05) is 5.73 Å². The summed E-state index contributed by atoms with van der Waals surface area (Å²) in [6.45, 7) is 3.74. The van der Waals surface area contributed by atoms with Gasteiger partial charge < -0.3 is 15.9 Å². The number of nitrogens with zero attached hydrogens (tertiary/aromatic N) is 1. The Morgan fingerprint density at radius 3 is 2.40 bits per heavy atom. The van der Waals surface area contributed by atoms with Gasteiger partial charge in [0, 0.05) is 22.8 Å². The SMILES string of the molecule is C=C(N)c1ccc(-c2ccc(-c3c(N)ncc4ccccc34)o2)cc1. The number of furan rings is 1. The van der Waals surface area contributed by atoms with Crippen LogP contribution in [0.2, 0.25) is 0 Å². The Labute approximate surface area is 145 Å². The molecule has 2 aromatic carbocycles. The van der Waals surface area contributed by atoms with Crippen molar-refractivity contribution >= 4 is 22.3 Å². The Balaban J connectivity index is 1.80. The molecule has 4 N–H and O–H groups in total. The number of fused-ring (bicyclic) bond motifs is 1. The first-order chi connectivity index (χ1) is 12.1. The van der Waals surface area contributed by atoms with Crippen LogP contribution in [-0.4, -0.2) is 4.98 Å². The summed E-state index contributed by atoms with van der Waals surface area (Å²) in [6.07, 6.45) is 1.77. The molecule has 122 valence electrons. The summed E-state index contributed by atoms with van der Waals surface area (Å²) in [4.78, 5) is 4.29. The van der Waals surface area contributed by atoms with Gasteiger partial charge in [0.15, 0.2) is 0 Å². The summed E-state index contributed by atoms with van der Waals surface area (Å²) in [6, 6.07) is 19.6. The molecular formula is C21H17N3O. The average Bonchev–Trinajstić information content (AvgIpc) is 3.11. The van der Waals surface area contributed by atoms with E-state index in [2.05, 4.69) is 11.6 Å². The summed E-state index contributed by atoms with van der Waals surface area (Å²) in [5, 5.41) is 2.04. The fourth-order valence-corrected chi connectivity index (χ4v) is 2.91. The van der Waals surface area contributed by atoms with Crippen LogP contribution in [0.5, 0.6) is 0 Å². The maximum atomic E-state index is 6.13. The minimum Gasteiger partial charge on any atom is -0.456 e. The zero-order valence-electron chi connectivity index (χ0n) is 13.6. The van der Waals surface area contributed by atoms with Gasteiger partial charge >= 0.3 is 0 Å². The second kappa shape index (κ2) is 5.83. The quantitative estimate of drug-likeness (QED) is 0.573. The number of benzene rings is 2. The summed E-state index contributed by atoms with van der Waals surface area (Å²) in [5.74, 6) is 1.91. The highest BCUT2D eigenvalue weighted by Crippen LogP contribution is 2.35. The van der Waals surface area contributed by atoms with E-state index < -0.39 is 0 Å². The van der Waals surface area contributed by atoms with Gasteiger partial charge in [-0.15, -0.1) is 0 Å². The van der Waals surface area contributed by atoms with Crippen LogP contribution in [0.1, 0.15) is 5.56 Å². The third kappa shape index (κ3) is 2.64. The molecule has 4 heteroatoms. The van der Waals surface area contributed by atoms with Gasteiger partial charge in [-0.2, -0.15) is 0 Å². The van der Waals surface area contributed by atoms with E-state index in [0.29, 0.717) is 17.3 Å². The molecule has 0 radical (unpaired) electrons. The molecule has 0 bridgehead atoms. The lowest BCUT2D eigenvalue weighted by atomic mass is 10.1. The average molecular weight is 327 g/mol. The van der Waals surface area contributed by atoms with Gasteiger partial charge in [-0.25, -0.2) is 4.98 Å². The molecule has 4 aromatic rings. The molecule has 0 aliphatic carbocycles. The van der Waals surface area contributed by atoms with Crippen molar-refractivity contribution in [2.45, 2.75) is 0 Å². The first-order valence-corrected chi connectivity index (χ1v) is 7.92. The van der Waals surface area contributed by atoms with Crippen molar-refractivity contribution in [1.82, 2.24) is 4.98 Å².